The first-order chi connectivity index (χ1) is 10.1. The van der Waals surface area contributed by atoms with E-state index in [9.17, 15) is 9.59 Å². The quantitative estimate of drug-likeness (QED) is 0.673. The van der Waals surface area contributed by atoms with Crippen LogP contribution in [0.3, 0.4) is 0 Å². The van der Waals surface area contributed by atoms with Crippen LogP contribution in [0.15, 0.2) is 24.3 Å². The minimum absolute atomic E-state index is 0. The summed E-state index contributed by atoms with van der Waals surface area (Å²) >= 11 is 5.77. The lowest BCUT2D eigenvalue weighted by molar-refractivity contribution is -0.121. The highest BCUT2D eigenvalue weighted by atomic mass is 35.5. The third-order valence-electron chi connectivity index (χ3n) is 3.30. The third kappa shape index (κ3) is 7.78. The first kappa shape index (κ1) is 20.9. The van der Waals surface area contributed by atoms with Gasteiger partial charge in [0.1, 0.15) is 0 Å². The predicted molar refractivity (Wildman–Crippen MR) is 92.8 cm³/mol. The van der Waals surface area contributed by atoms with Gasteiger partial charge in [0.2, 0.25) is 5.91 Å². The minimum atomic E-state index is -0.121. The highest BCUT2D eigenvalue weighted by Gasteiger charge is 2.13. The zero-order valence-electron chi connectivity index (χ0n) is 12.8. The lowest BCUT2D eigenvalue weighted by atomic mass is 10.1. The molecule has 0 aromatic heterocycles. The lowest BCUT2D eigenvalue weighted by Gasteiger charge is -2.16. The maximum atomic E-state index is 11.9. The molecule has 1 aromatic carbocycles. The molecule has 22 heavy (non-hydrogen) atoms. The summed E-state index contributed by atoms with van der Waals surface area (Å²) in [4.78, 5) is 23.8. The van der Waals surface area contributed by atoms with Gasteiger partial charge in [0.15, 0.2) is 5.78 Å². The highest BCUT2D eigenvalue weighted by molar-refractivity contribution is 6.30. The van der Waals surface area contributed by atoms with E-state index in [0.29, 0.717) is 17.1 Å². The first-order valence-electron chi connectivity index (χ1n) is 7.35. The van der Waals surface area contributed by atoms with Crippen LogP contribution in [0.2, 0.25) is 5.02 Å². The van der Waals surface area contributed by atoms with E-state index in [1.54, 1.807) is 24.3 Å². The van der Waals surface area contributed by atoms with E-state index in [1.165, 1.54) is 0 Å². The fourth-order valence-corrected chi connectivity index (χ4v) is 2.13. The molecule has 0 spiro atoms. The maximum Gasteiger partial charge on any atom is 0.220 e. The van der Waals surface area contributed by atoms with Crippen LogP contribution >= 0.6 is 24.0 Å². The fraction of sp³-hybridized carbons (Fsp3) is 0.500. The van der Waals surface area contributed by atoms with E-state index < -0.39 is 0 Å². The predicted octanol–water partition coefficient (Wildman–Crippen LogP) is 3.36. The van der Waals surface area contributed by atoms with E-state index in [4.69, 9.17) is 17.3 Å². The van der Waals surface area contributed by atoms with Crippen molar-refractivity contribution in [1.82, 2.24) is 5.32 Å². The molecule has 1 unspecified atom stereocenters. The van der Waals surface area contributed by atoms with Crippen molar-refractivity contribution in [1.29, 1.82) is 0 Å². The minimum Gasteiger partial charge on any atom is -0.352 e. The SMILES string of the molecule is CCCCC(CN)NC(=O)CCC(=O)c1ccc(Cl)cc1.Cl. The van der Waals surface area contributed by atoms with Gasteiger partial charge in [-0.2, -0.15) is 0 Å². The molecular weight excluding hydrogens is 323 g/mol. The summed E-state index contributed by atoms with van der Waals surface area (Å²) in [6, 6.07) is 6.69. The van der Waals surface area contributed by atoms with Gasteiger partial charge in [-0.25, -0.2) is 0 Å². The Morgan fingerprint density at radius 1 is 1.23 bits per heavy atom. The second-order valence-corrected chi connectivity index (χ2v) is 5.51. The van der Waals surface area contributed by atoms with Gasteiger partial charge in [0, 0.05) is 36.0 Å². The number of nitrogens with one attached hydrogen (secondary N) is 1. The second kappa shape index (κ2) is 11.5. The monoisotopic (exact) mass is 346 g/mol. The van der Waals surface area contributed by atoms with E-state index in [0.717, 1.165) is 19.3 Å². The Morgan fingerprint density at radius 3 is 2.41 bits per heavy atom. The molecule has 1 amide bonds. The molecule has 0 aliphatic carbocycles. The Bertz CT molecular complexity index is 464. The second-order valence-electron chi connectivity index (χ2n) is 5.07. The number of ketones is 1. The topological polar surface area (TPSA) is 72.2 Å². The van der Waals surface area contributed by atoms with Gasteiger partial charge >= 0.3 is 0 Å². The molecule has 6 heteroatoms. The summed E-state index contributed by atoms with van der Waals surface area (Å²) in [5.74, 6) is -0.177. The number of carbonyl (C=O) groups is 2. The summed E-state index contributed by atoms with van der Waals surface area (Å²) < 4.78 is 0. The normalized spacial score (nSPS) is 11.4. The Labute approximate surface area is 143 Å². The summed E-state index contributed by atoms with van der Waals surface area (Å²) in [6.07, 6.45) is 3.36. The molecule has 4 nitrogen and oxygen atoms in total. The Morgan fingerprint density at radius 2 is 1.86 bits per heavy atom. The van der Waals surface area contributed by atoms with Crippen LogP contribution in [0.5, 0.6) is 0 Å². The van der Waals surface area contributed by atoms with Gasteiger partial charge in [-0.1, -0.05) is 31.4 Å². The number of rotatable bonds is 9. The van der Waals surface area contributed by atoms with E-state index >= 15 is 0 Å². The molecule has 1 atom stereocenters. The molecule has 1 rings (SSSR count). The number of halogens is 2. The average Bonchev–Trinajstić information content (AvgIpc) is 2.49. The average molecular weight is 347 g/mol. The van der Waals surface area contributed by atoms with Crippen molar-refractivity contribution in [3.8, 4) is 0 Å². The van der Waals surface area contributed by atoms with Crippen LogP contribution in [0.25, 0.3) is 0 Å². The van der Waals surface area contributed by atoms with E-state index in [-0.39, 0.29) is 43.0 Å². The van der Waals surface area contributed by atoms with Crippen molar-refractivity contribution in [2.75, 3.05) is 6.54 Å². The molecule has 0 saturated heterocycles. The fourth-order valence-electron chi connectivity index (χ4n) is 2.01. The smallest absolute Gasteiger partial charge is 0.220 e. The third-order valence-corrected chi connectivity index (χ3v) is 3.55. The summed E-state index contributed by atoms with van der Waals surface area (Å²) in [6.45, 7) is 2.52. The van der Waals surface area contributed by atoms with E-state index in [2.05, 4.69) is 12.2 Å². The van der Waals surface area contributed by atoms with Gasteiger partial charge in [-0.3, -0.25) is 9.59 Å². The Balaban J connectivity index is 0.00000441. The van der Waals surface area contributed by atoms with Crippen LogP contribution in [0.4, 0.5) is 0 Å². The standard InChI is InChI=1S/C16H23ClN2O2.ClH/c1-2-3-4-14(11-18)19-16(21)10-9-15(20)12-5-7-13(17)8-6-12;/h5-8,14H,2-4,9-11,18H2,1H3,(H,19,21);1H. The zero-order valence-corrected chi connectivity index (χ0v) is 14.4. The number of carbonyl (C=O) groups excluding carboxylic acids is 2. The molecule has 0 fully saturated rings. The van der Waals surface area contributed by atoms with Crippen molar-refractivity contribution < 1.29 is 9.59 Å². The lowest BCUT2D eigenvalue weighted by Crippen LogP contribution is -2.40. The van der Waals surface area contributed by atoms with Gasteiger partial charge in [-0.05, 0) is 30.7 Å². The van der Waals surface area contributed by atoms with Crippen molar-refractivity contribution in [2.24, 2.45) is 5.73 Å². The molecule has 0 saturated carbocycles. The van der Waals surface area contributed by atoms with Crippen molar-refractivity contribution in [2.45, 2.75) is 45.1 Å². The molecule has 1 aromatic rings. The van der Waals surface area contributed by atoms with Gasteiger partial charge in [0.05, 0.1) is 0 Å². The van der Waals surface area contributed by atoms with Crippen molar-refractivity contribution >= 4 is 35.7 Å². The molecule has 0 radical (unpaired) electrons. The van der Waals surface area contributed by atoms with Gasteiger partial charge < -0.3 is 11.1 Å². The maximum absolute atomic E-state index is 11.9. The molecule has 0 aliphatic heterocycles. The molecule has 0 aliphatic rings. The van der Waals surface area contributed by atoms with Crippen LogP contribution < -0.4 is 11.1 Å². The van der Waals surface area contributed by atoms with Crippen LogP contribution in [0.1, 0.15) is 49.4 Å². The zero-order chi connectivity index (χ0) is 15.7. The number of Topliss-reactive ketones (excluding diaryl/α,β-unsaturated/α-hetero) is 1. The number of hydrogen-bond donors (Lipinski definition) is 2. The summed E-state index contributed by atoms with van der Waals surface area (Å²) in [5.41, 5.74) is 6.21. The molecule has 3 N–H and O–H groups in total. The van der Waals surface area contributed by atoms with E-state index in [1.807, 2.05) is 0 Å². The largest absolute Gasteiger partial charge is 0.352 e. The van der Waals surface area contributed by atoms with Gasteiger partial charge in [-0.15, -0.1) is 12.4 Å². The summed E-state index contributed by atoms with van der Waals surface area (Å²) in [5, 5.41) is 3.47. The van der Waals surface area contributed by atoms with Crippen molar-refractivity contribution in [3.63, 3.8) is 0 Å². The Kier molecular flexibility index (Phi) is 10.9. The van der Waals surface area contributed by atoms with Crippen LogP contribution in [0, 0.1) is 0 Å². The highest BCUT2D eigenvalue weighted by Crippen LogP contribution is 2.12. The first-order valence-corrected chi connectivity index (χ1v) is 7.72. The number of amides is 1. The number of benzene rings is 1. The summed E-state index contributed by atoms with van der Waals surface area (Å²) in [7, 11) is 0. The van der Waals surface area contributed by atoms with Crippen LogP contribution in [-0.2, 0) is 4.79 Å². The molecule has 124 valence electrons. The van der Waals surface area contributed by atoms with Crippen molar-refractivity contribution in [3.05, 3.63) is 34.9 Å². The molecular formula is C16H24Cl2N2O2. The molecule has 0 bridgehead atoms. The number of hydrogen-bond acceptors (Lipinski definition) is 3. The van der Waals surface area contributed by atoms with Crippen LogP contribution in [-0.4, -0.2) is 24.3 Å². The number of nitrogens with two attached hydrogens (primary N) is 1. The number of unbranched alkanes of at least 4 members (excludes halogenated alkanes) is 1. The Hall–Kier alpha value is -1.10. The molecule has 0 heterocycles. The van der Waals surface area contributed by atoms with Gasteiger partial charge in [0.25, 0.3) is 0 Å².